The van der Waals surface area contributed by atoms with Crippen LogP contribution in [-0.2, 0) is 9.59 Å². The van der Waals surface area contributed by atoms with Crippen LogP contribution < -0.4 is 15.2 Å². The predicted octanol–water partition coefficient (Wildman–Crippen LogP) is 5.89. The number of ketones is 1. The fraction of sp³-hybridized carbons (Fsp3) is 0.652. The van der Waals surface area contributed by atoms with Crippen LogP contribution in [0.15, 0.2) is 24.3 Å². The van der Waals surface area contributed by atoms with Gasteiger partial charge < -0.3 is 4.74 Å². The normalized spacial score (nSPS) is 11.6. The lowest BCUT2D eigenvalue weighted by Gasteiger charge is -2.25. The largest absolute Gasteiger partial charge is 0.494 e. The fourth-order valence-electron chi connectivity index (χ4n) is 2.48. The summed E-state index contributed by atoms with van der Waals surface area (Å²) in [6, 6.07) is 7.58. The number of Topliss-reactive ketones (excluding diaryl/α,β-unsaturated/α-hetero) is 1. The molecule has 7 heteroatoms. The molecule has 1 aromatic carbocycles. The molecule has 1 aromatic rings. The van der Waals surface area contributed by atoms with E-state index in [1.807, 2.05) is 66.7 Å². The maximum atomic E-state index is 12.3. The first-order valence-corrected chi connectivity index (χ1v) is 12.8. The van der Waals surface area contributed by atoms with E-state index >= 15 is 0 Å². The zero-order chi connectivity index (χ0) is 22.7. The van der Waals surface area contributed by atoms with Gasteiger partial charge in [0.05, 0.1) is 12.3 Å². The summed E-state index contributed by atoms with van der Waals surface area (Å²) in [5, 5.41) is 2.31. The Bertz CT molecular complexity index is 661. The third kappa shape index (κ3) is 11.2. The summed E-state index contributed by atoms with van der Waals surface area (Å²) in [5.41, 5.74) is 3.81. The van der Waals surface area contributed by atoms with E-state index in [-0.39, 0.29) is 22.4 Å². The smallest absolute Gasteiger partial charge is 0.238 e. The Kier molecular flexibility index (Phi) is 11.7. The number of nitrogens with one attached hydrogen (secondary N) is 1. The molecule has 0 heterocycles. The highest BCUT2D eigenvalue weighted by Crippen LogP contribution is 2.40. The van der Waals surface area contributed by atoms with Crippen LogP contribution in [0, 0.1) is 5.92 Å². The molecule has 0 saturated carbocycles. The fourth-order valence-corrected chi connectivity index (χ4v) is 4.73. The molecule has 0 aliphatic rings. The van der Waals surface area contributed by atoms with Crippen molar-refractivity contribution < 1.29 is 14.3 Å². The van der Waals surface area contributed by atoms with Crippen molar-refractivity contribution in [2.75, 3.05) is 18.7 Å². The average molecular weight is 455 g/mol. The summed E-state index contributed by atoms with van der Waals surface area (Å²) < 4.78 is 5.76. The summed E-state index contributed by atoms with van der Waals surface area (Å²) in [6.45, 7) is 13.1. The zero-order valence-corrected chi connectivity index (χ0v) is 21.1. The Labute approximate surface area is 190 Å². The van der Waals surface area contributed by atoms with Crippen LogP contribution in [0.4, 0.5) is 5.69 Å². The summed E-state index contributed by atoms with van der Waals surface area (Å²) in [7, 11) is 5.54. The van der Waals surface area contributed by atoms with E-state index in [4.69, 9.17) is 4.74 Å². The standard InChI is InChI=1S/C23H38N2O3S2/c1-17(2)21(26)9-8-16-28-20-12-10-19(11-13-20)25(7)24-22(27)14-15-23(5,6)30-29-18(3)4/h10-13,17-18H,8-9,14-16H2,1-7H3,(H,24,27). The number of amides is 1. The second-order valence-electron chi connectivity index (χ2n) is 8.65. The highest BCUT2D eigenvalue weighted by molar-refractivity contribution is 8.77. The number of hydrazine groups is 1. The third-order valence-electron chi connectivity index (χ3n) is 4.42. The molecule has 30 heavy (non-hydrogen) atoms. The molecule has 1 amide bonds. The maximum absolute atomic E-state index is 12.3. The molecule has 0 bridgehead atoms. The number of hydrogen-bond acceptors (Lipinski definition) is 6. The second-order valence-corrected chi connectivity index (χ2v) is 12.1. The molecule has 0 atom stereocenters. The lowest BCUT2D eigenvalue weighted by Crippen LogP contribution is -2.39. The molecular formula is C23H38N2O3S2. The van der Waals surface area contributed by atoms with E-state index in [0.717, 1.165) is 24.3 Å². The van der Waals surface area contributed by atoms with E-state index < -0.39 is 0 Å². The number of nitrogens with zero attached hydrogens (tertiary/aromatic N) is 1. The van der Waals surface area contributed by atoms with Crippen LogP contribution >= 0.6 is 21.6 Å². The van der Waals surface area contributed by atoms with E-state index in [2.05, 4.69) is 33.1 Å². The Hall–Kier alpha value is -1.34. The van der Waals surface area contributed by atoms with E-state index in [0.29, 0.717) is 24.7 Å². The number of carbonyl (C=O) groups excluding carboxylic acids is 2. The molecule has 0 spiro atoms. The van der Waals surface area contributed by atoms with Crippen LogP contribution in [0.1, 0.15) is 67.2 Å². The highest BCUT2D eigenvalue weighted by atomic mass is 33.1. The molecule has 1 rings (SSSR count). The summed E-state index contributed by atoms with van der Waals surface area (Å²) >= 11 is 0. The number of ether oxygens (including phenoxy) is 1. The van der Waals surface area contributed by atoms with Crippen molar-refractivity contribution in [3.63, 3.8) is 0 Å². The van der Waals surface area contributed by atoms with Crippen molar-refractivity contribution in [2.24, 2.45) is 5.92 Å². The van der Waals surface area contributed by atoms with Crippen LogP contribution in [0.2, 0.25) is 0 Å². The minimum Gasteiger partial charge on any atom is -0.494 e. The molecule has 0 aliphatic heterocycles. The monoisotopic (exact) mass is 454 g/mol. The number of hydrogen-bond donors (Lipinski definition) is 1. The first-order chi connectivity index (χ1) is 14.0. The van der Waals surface area contributed by atoms with Gasteiger partial charge in [-0.05, 0) is 51.0 Å². The SMILES string of the molecule is CC(C)SSC(C)(C)CCC(=O)NN(C)c1ccc(OCCCC(=O)C(C)C)cc1. The Balaban J connectivity index is 2.38. The predicted molar refractivity (Wildman–Crippen MR) is 131 cm³/mol. The van der Waals surface area contributed by atoms with Crippen LogP contribution in [-0.4, -0.2) is 35.3 Å². The van der Waals surface area contributed by atoms with Crippen LogP contribution in [0.25, 0.3) is 0 Å². The number of anilines is 1. The van der Waals surface area contributed by atoms with Gasteiger partial charge in [0, 0.05) is 35.8 Å². The molecule has 1 N–H and O–H groups in total. The Morgan fingerprint density at radius 1 is 1.10 bits per heavy atom. The summed E-state index contributed by atoms with van der Waals surface area (Å²) in [4.78, 5) is 24.0. The average Bonchev–Trinajstić information content (AvgIpc) is 2.68. The molecule has 0 unspecified atom stereocenters. The molecule has 0 saturated heterocycles. The van der Waals surface area contributed by atoms with Gasteiger partial charge in [-0.15, -0.1) is 0 Å². The van der Waals surface area contributed by atoms with E-state index in [1.54, 1.807) is 5.01 Å². The quantitative estimate of drug-likeness (QED) is 0.215. The zero-order valence-electron chi connectivity index (χ0n) is 19.5. The Morgan fingerprint density at radius 3 is 2.30 bits per heavy atom. The topological polar surface area (TPSA) is 58.6 Å². The molecule has 5 nitrogen and oxygen atoms in total. The minimum absolute atomic E-state index is 0.0101. The molecule has 0 aromatic heterocycles. The van der Waals surface area contributed by atoms with Crippen LogP contribution in [0.5, 0.6) is 5.75 Å². The Morgan fingerprint density at radius 2 is 1.73 bits per heavy atom. The van der Waals surface area contributed by atoms with E-state index in [1.165, 1.54) is 0 Å². The molecule has 170 valence electrons. The number of carbonyl (C=O) groups is 2. The lowest BCUT2D eigenvalue weighted by molar-refractivity contribution is -0.122. The first-order valence-electron chi connectivity index (χ1n) is 10.6. The second kappa shape index (κ2) is 13.2. The molecule has 0 radical (unpaired) electrons. The first kappa shape index (κ1) is 26.7. The van der Waals surface area contributed by atoms with Crippen molar-refractivity contribution in [1.29, 1.82) is 0 Å². The van der Waals surface area contributed by atoms with Crippen LogP contribution in [0.3, 0.4) is 0 Å². The molecular weight excluding hydrogens is 416 g/mol. The lowest BCUT2D eigenvalue weighted by atomic mass is 10.1. The third-order valence-corrected chi connectivity index (χ3v) is 8.35. The molecule has 0 fully saturated rings. The number of rotatable bonds is 14. The van der Waals surface area contributed by atoms with Gasteiger partial charge in [0.25, 0.3) is 0 Å². The highest BCUT2D eigenvalue weighted by Gasteiger charge is 2.21. The van der Waals surface area contributed by atoms with Gasteiger partial charge in [-0.25, -0.2) is 0 Å². The molecule has 0 aliphatic carbocycles. The minimum atomic E-state index is 0.0101. The van der Waals surface area contributed by atoms with Gasteiger partial charge in [0.15, 0.2) is 0 Å². The van der Waals surface area contributed by atoms with Crippen molar-refractivity contribution >= 4 is 39.0 Å². The van der Waals surface area contributed by atoms with Gasteiger partial charge in [0.2, 0.25) is 5.91 Å². The van der Waals surface area contributed by atoms with Gasteiger partial charge in [0.1, 0.15) is 11.5 Å². The van der Waals surface area contributed by atoms with Crippen molar-refractivity contribution in [3.8, 4) is 5.75 Å². The van der Waals surface area contributed by atoms with Gasteiger partial charge in [-0.3, -0.25) is 20.0 Å². The summed E-state index contributed by atoms with van der Waals surface area (Å²) in [5.74, 6) is 1.12. The summed E-state index contributed by atoms with van der Waals surface area (Å²) in [6.07, 6.45) is 2.58. The van der Waals surface area contributed by atoms with Crippen molar-refractivity contribution in [3.05, 3.63) is 24.3 Å². The van der Waals surface area contributed by atoms with E-state index in [9.17, 15) is 9.59 Å². The van der Waals surface area contributed by atoms with Gasteiger partial charge >= 0.3 is 0 Å². The van der Waals surface area contributed by atoms with Gasteiger partial charge in [-0.2, -0.15) is 0 Å². The van der Waals surface area contributed by atoms with Crippen molar-refractivity contribution in [1.82, 2.24) is 5.43 Å². The maximum Gasteiger partial charge on any atom is 0.238 e. The van der Waals surface area contributed by atoms with Gasteiger partial charge in [-0.1, -0.05) is 49.3 Å². The number of benzene rings is 1. The van der Waals surface area contributed by atoms with Crippen molar-refractivity contribution in [2.45, 2.75) is 77.2 Å².